The third-order valence-electron chi connectivity index (χ3n) is 3.88. The molecule has 0 radical (unpaired) electrons. The first-order valence-corrected chi connectivity index (χ1v) is 9.04. The molecule has 7 heteroatoms. The van der Waals surface area contributed by atoms with Gasteiger partial charge < -0.3 is 9.84 Å². The lowest BCUT2D eigenvalue weighted by Gasteiger charge is -2.08. The summed E-state index contributed by atoms with van der Waals surface area (Å²) in [5, 5.41) is 8.33. The molecule has 3 aromatic rings. The molecule has 1 aromatic heterocycles. The number of amides is 1. The maximum atomic E-state index is 12.7. The van der Waals surface area contributed by atoms with Gasteiger partial charge in [-0.1, -0.05) is 58.2 Å². The average molecular weight is 410 g/mol. The highest BCUT2D eigenvalue weighted by Crippen LogP contribution is 2.36. The van der Waals surface area contributed by atoms with Crippen LogP contribution in [-0.2, 0) is 6.42 Å². The van der Waals surface area contributed by atoms with Crippen molar-refractivity contribution in [1.82, 2.24) is 10.5 Å². The number of nitrogens with one attached hydrogen (secondary N) is 1. The molecule has 4 nitrogen and oxygen atoms in total. The summed E-state index contributed by atoms with van der Waals surface area (Å²) in [6.07, 6.45) is 0.652. The van der Waals surface area contributed by atoms with Crippen LogP contribution in [0.4, 0.5) is 0 Å². The molecule has 2 aromatic carbocycles. The zero-order chi connectivity index (χ0) is 18.7. The predicted molar refractivity (Wildman–Crippen MR) is 104 cm³/mol. The quantitative estimate of drug-likeness (QED) is 0.598. The van der Waals surface area contributed by atoms with E-state index >= 15 is 0 Å². The Labute approximate surface area is 166 Å². The number of rotatable bonds is 5. The molecule has 0 saturated heterocycles. The second-order valence-electron chi connectivity index (χ2n) is 5.69. The molecule has 3 rings (SSSR count). The molecule has 1 amide bonds. The second kappa shape index (κ2) is 8.12. The van der Waals surface area contributed by atoms with Gasteiger partial charge in [0.1, 0.15) is 17.0 Å². The number of hydrogen-bond donors (Lipinski definition) is 1. The number of carbonyl (C=O) groups excluding carboxylic acids is 1. The largest absolute Gasteiger partial charge is 0.360 e. The van der Waals surface area contributed by atoms with Gasteiger partial charge >= 0.3 is 0 Å². The first-order chi connectivity index (χ1) is 12.5. The number of aromatic nitrogens is 1. The van der Waals surface area contributed by atoms with Gasteiger partial charge in [0.2, 0.25) is 0 Å². The van der Waals surface area contributed by atoms with Crippen LogP contribution in [-0.4, -0.2) is 17.6 Å². The van der Waals surface area contributed by atoms with E-state index in [0.29, 0.717) is 50.6 Å². The molecule has 0 bridgehead atoms. The van der Waals surface area contributed by atoms with E-state index in [1.807, 2.05) is 24.3 Å². The molecule has 0 aliphatic heterocycles. The van der Waals surface area contributed by atoms with Crippen LogP contribution >= 0.6 is 34.8 Å². The smallest absolute Gasteiger partial charge is 0.257 e. The fraction of sp³-hybridized carbons (Fsp3) is 0.158. The number of benzene rings is 2. The molecule has 0 aliphatic carbocycles. The number of aryl methyl sites for hydroxylation is 1. The minimum atomic E-state index is -0.295. The highest BCUT2D eigenvalue weighted by molar-refractivity contribution is 6.39. The van der Waals surface area contributed by atoms with E-state index in [-0.39, 0.29) is 5.91 Å². The molecule has 0 spiro atoms. The molecule has 0 aliphatic rings. The van der Waals surface area contributed by atoms with Crippen LogP contribution in [0.2, 0.25) is 15.1 Å². The van der Waals surface area contributed by atoms with Gasteiger partial charge in [-0.05, 0) is 43.2 Å². The lowest BCUT2D eigenvalue weighted by Crippen LogP contribution is -2.26. The lowest BCUT2D eigenvalue weighted by molar-refractivity contribution is 0.0953. The molecule has 0 unspecified atom stereocenters. The van der Waals surface area contributed by atoms with Crippen LogP contribution < -0.4 is 5.32 Å². The average Bonchev–Trinajstić information content (AvgIpc) is 2.96. The second-order valence-corrected chi connectivity index (χ2v) is 6.95. The van der Waals surface area contributed by atoms with Crippen LogP contribution in [0.5, 0.6) is 0 Å². The standard InChI is InChI=1S/C19H15Cl3N2O2/c1-11-16(18(24-26-11)17-14(21)6-3-7-15(17)22)19(25)23-9-8-12-4-2-5-13(20)10-12/h2-7,10H,8-9H2,1H3,(H,23,25). The van der Waals surface area contributed by atoms with Gasteiger partial charge in [0.15, 0.2) is 0 Å². The molecular weight excluding hydrogens is 395 g/mol. The SMILES string of the molecule is Cc1onc(-c2c(Cl)cccc2Cl)c1C(=O)NCCc1cccc(Cl)c1. The summed E-state index contributed by atoms with van der Waals surface area (Å²) in [6.45, 7) is 2.12. The van der Waals surface area contributed by atoms with E-state index in [1.54, 1.807) is 25.1 Å². The van der Waals surface area contributed by atoms with Crippen LogP contribution in [0.3, 0.4) is 0 Å². The zero-order valence-electron chi connectivity index (χ0n) is 13.9. The van der Waals surface area contributed by atoms with Crippen molar-refractivity contribution >= 4 is 40.7 Å². The van der Waals surface area contributed by atoms with Gasteiger partial charge in [-0.25, -0.2) is 0 Å². The Hall–Kier alpha value is -2.01. The van der Waals surface area contributed by atoms with Crippen LogP contribution in [0.15, 0.2) is 47.0 Å². The van der Waals surface area contributed by atoms with Gasteiger partial charge in [0.25, 0.3) is 5.91 Å². The van der Waals surface area contributed by atoms with Gasteiger partial charge in [0, 0.05) is 17.1 Å². The molecule has 1 N–H and O–H groups in total. The first-order valence-electron chi connectivity index (χ1n) is 7.90. The fourth-order valence-corrected chi connectivity index (χ4v) is 3.42. The van der Waals surface area contributed by atoms with Crippen molar-refractivity contribution in [3.05, 3.63) is 74.4 Å². The van der Waals surface area contributed by atoms with Gasteiger partial charge in [-0.2, -0.15) is 0 Å². The van der Waals surface area contributed by atoms with Crippen molar-refractivity contribution in [2.24, 2.45) is 0 Å². The predicted octanol–water partition coefficient (Wildman–Crippen LogP) is 5.58. The Balaban J connectivity index is 1.79. The molecular formula is C19H15Cl3N2O2. The Morgan fingerprint density at radius 2 is 1.81 bits per heavy atom. The molecule has 134 valence electrons. The number of halogens is 3. The van der Waals surface area contributed by atoms with Gasteiger partial charge in [-0.3, -0.25) is 4.79 Å². The summed E-state index contributed by atoms with van der Waals surface area (Å²) >= 11 is 18.5. The maximum Gasteiger partial charge on any atom is 0.257 e. The Morgan fingerprint density at radius 1 is 1.12 bits per heavy atom. The van der Waals surface area contributed by atoms with E-state index in [9.17, 15) is 4.79 Å². The summed E-state index contributed by atoms with van der Waals surface area (Å²) in [5.41, 5.74) is 2.17. The molecule has 1 heterocycles. The molecule has 0 atom stereocenters. The monoisotopic (exact) mass is 408 g/mol. The summed E-state index contributed by atoms with van der Waals surface area (Å²) in [5.74, 6) is 0.105. The highest BCUT2D eigenvalue weighted by Gasteiger charge is 2.24. The van der Waals surface area contributed by atoms with E-state index < -0.39 is 0 Å². The van der Waals surface area contributed by atoms with Gasteiger partial charge in [-0.15, -0.1) is 0 Å². The van der Waals surface area contributed by atoms with Crippen molar-refractivity contribution < 1.29 is 9.32 Å². The summed E-state index contributed by atoms with van der Waals surface area (Å²) < 4.78 is 5.22. The van der Waals surface area contributed by atoms with Crippen molar-refractivity contribution in [1.29, 1.82) is 0 Å². The third-order valence-corrected chi connectivity index (χ3v) is 4.74. The minimum Gasteiger partial charge on any atom is -0.360 e. The Kier molecular flexibility index (Phi) is 5.87. The molecule has 26 heavy (non-hydrogen) atoms. The van der Waals surface area contributed by atoms with Gasteiger partial charge in [0.05, 0.1) is 10.0 Å². The summed E-state index contributed by atoms with van der Waals surface area (Å²) in [6, 6.07) is 12.6. The highest BCUT2D eigenvalue weighted by atomic mass is 35.5. The Bertz CT molecular complexity index is 933. The van der Waals surface area contributed by atoms with Crippen LogP contribution in [0.25, 0.3) is 11.3 Å². The van der Waals surface area contributed by atoms with E-state index in [4.69, 9.17) is 39.3 Å². The molecule has 0 fully saturated rings. The Morgan fingerprint density at radius 3 is 2.50 bits per heavy atom. The number of carbonyl (C=O) groups is 1. The first kappa shape index (κ1) is 18.8. The summed E-state index contributed by atoms with van der Waals surface area (Å²) in [4.78, 5) is 12.7. The van der Waals surface area contributed by atoms with E-state index in [0.717, 1.165) is 5.56 Å². The van der Waals surface area contributed by atoms with E-state index in [1.165, 1.54) is 0 Å². The van der Waals surface area contributed by atoms with Crippen LogP contribution in [0, 0.1) is 6.92 Å². The topological polar surface area (TPSA) is 55.1 Å². The van der Waals surface area contributed by atoms with Crippen molar-refractivity contribution in [3.8, 4) is 11.3 Å². The lowest BCUT2D eigenvalue weighted by atomic mass is 10.1. The normalized spacial score (nSPS) is 10.8. The fourth-order valence-electron chi connectivity index (χ4n) is 2.64. The van der Waals surface area contributed by atoms with E-state index in [2.05, 4.69) is 10.5 Å². The zero-order valence-corrected chi connectivity index (χ0v) is 16.1. The van der Waals surface area contributed by atoms with Crippen molar-refractivity contribution in [2.75, 3.05) is 6.54 Å². The summed E-state index contributed by atoms with van der Waals surface area (Å²) in [7, 11) is 0. The third kappa shape index (κ3) is 4.04. The minimum absolute atomic E-state index is 0.295. The van der Waals surface area contributed by atoms with Crippen LogP contribution in [0.1, 0.15) is 21.7 Å². The van der Waals surface area contributed by atoms with Crippen molar-refractivity contribution in [2.45, 2.75) is 13.3 Å². The number of nitrogens with zero attached hydrogens (tertiary/aromatic N) is 1. The van der Waals surface area contributed by atoms with Crippen molar-refractivity contribution in [3.63, 3.8) is 0 Å². The maximum absolute atomic E-state index is 12.7. The number of hydrogen-bond acceptors (Lipinski definition) is 3. The molecule has 0 saturated carbocycles.